The number of hydrogen-bond acceptors (Lipinski definition) is 4. The predicted octanol–water partition coefficient (Wildman–Crippen LogP) is 1.01. The molecule has 0 spiro atoms. The molecule has 0 heterocycles. The van der Waals surface area contributed by atoms with Crippen LogP contribution in [0.5, 0.6) is 0 Å². The lowest BCUT2D eigenvalue weighted by Gasteiger charge is -2.10. The summed E-state index contributed by atoms with van der Waals surface area (Å²) in [6.45, 7) is 4.33. The van der Waals surface area contributed by atoms with Crippen LogP contribution in [0.3, 0.4) is 0 Å². The van der Waals surface area contributed by atoms with E-state index in [4.69, 9.17) is 9.63 Å². The third-order valence-corrected chi connectivity index (χ3v) is 2.47. The molecule has 0 aromatic carbocycles. The zero-order valence-corrected chi connectivity index (χ0v) is 7.91. The molecule has 0 fully saturated rings. The van der Waals surface area contributed by atoms with Gasteiger partial charge in [0.15, 0.2) is 0 Å². The molecule has 2 unspecified atom stereocenters. The average Bonchev–Trinajstić information content (AvgIpc) is 2.00. The Labute approximate surface area is 71.2 Å². The quantitative estimate of drug-likeness (QED) is 0.523. The Bertz CT molecular complexity index is 202. The molecule has 6 heteroatoms. The van der Waals surface area contributed by atoms with E-state index >= 15 is 0 Å². The molecule has 0 saturated carbocycles. The molecule has 0 aliphatic carbocycles. The minimum atomic E-state index is -3.07. The summed E-state index contributed by atoms with van der Waals surface area (Å²) in [4.78, 5) is 10.2. The molecule has 0 aromatic rings. The lowest BCUT2D eigenvalue weighted by atomic mass is 10.2. The number of carbonyl (C=O) groups is 1. The average molecular weight is 195 g/mol. The van der Waals surface area contributed by atoms with Gasteiger partial charge < -0.3 is 14.2 Å². The summed E-state index contributed by atoms with van der Waals surface area (Å²) < 4.78 is 20.2. The van der Waals surface area contributed by atoms with Crippen LogP contribution in [0, 0.1) is 12.8 Å². The van der Waals surface area contributed by atoms with Crippen molar-refractivity contribution >= 4 is 13.6 Å². The highest BCUT2D eigenvalue weighted by molar-refractivity contribution is 7.52. The molecule has 0 saturated heterocycles. The maximum atomic E-state index is 11.0. The van der Waals surface area contributed by atoms with Crippen LogP contribution in [-0.4, -0.2) is 31.5 Å². The predicted molar refractivity (Wildman–Crippen MR) is 43.0 cm³/mol. The van der Waals surface area contributed by atoms with Gasteiger partial charge in [-0.25, -0.2) is 4.79 Å². The highest BCUT2D eigenvalue weighted by Crippen LogP contribution is 2.42. The number of carboxylic acid groups (broad SMARTS) is 1. The normalized spacial score (nSPS) is 18.2. The molecular weight excluding hydrogens is 183 g/mol. The Morgan fingerprint density at radius 1 is 1.75 bits per heavy atom. The van der Waals surface area contributed by atoms with Crippen LogP contribution in [0.15, 0.2) is 0 Å². The lowest BCUT2D eigenvalue weighted by Crippen LogP contribution is -2.15. The third-order valence-electron chi connectivity index (χ3n) is 1.19. The molecule has 1 N–H and O–H groups in total. The van der Waals surface area contributed by atoms with Crippen molar-refractivity contribution in [3.8, 4) is 0 Å². The van der Waals surface area contributed by atoms with Crippen molar-refractivity contribution in [3.63, 3.8) is 0 Å². The van der Waals surface area contributed by atoms with Crippen LogP contribution in [0.25, 0.3) is 0 Å². The van der Waals surface area contributed by atoms with Gasteiger partial charge in [-0.05, 0) is 0 Å². The number of hydrogen-bond donors (Lipinski definition) is 1. The molecule has 0 radical (unpaired) electrons. The van der Waals surface area contributed by atoms with Gasteiger partial charge in [0, 0.05) is 13.8 Å². The van der Waals surface area contributed by atoms with Crippen LogP contribution in [0.2, 0.25) is 0 Å². The Kier molecular flexibility index (Phi) is 4.31. The molecule has 70 valence electrons. The van der Waals surface area contributed by atoms with E-state index in [2.05, 4.69) is 11.4 Å². The summed E-state index contributed by atoms with van der Waals surface area (Å²) in [5, 5.41) is 8.38. The Morgan fingerprint density at radius 2 is 2.25 bits per heavy atom. The molecule has 2 atom stereocenters. The van der Waals surface area contributed by atoms with Gasteiger partial charge in [0.25, 0.3) is 0 Å². The molecule has 5 nitrogen and oxygen atoms in total. The van der Waals surface area contributed by atoms with Crippen LogP contribution in [-0.2, 0) is 18.4 Å². The SMILES string of the molecule is [CH2+]C(COP(C)(=O)OC)C(=O)O. The van der Waals surface area contributed by atoms with Crippen molar-refractivity contribution in [2.24, 2.45) is 5.92 Å². The first-order valence-corrected chi connectivity index (χ1v) is 5.21. The zero-order valence-electron chi connectivity index (χ0n) is 7.02. The molecule has 0 bridgehead atoms. The highest BCUT2D eigenvalue weighted by atomic mass is 31.2. The van der Waals surface area contributed by atoms with Crippen molar-refractivity contribution < 1.29 is 23.5 Å². The maximum absolute atomic E-state index is 11.0. The van der Waals surface area contributed by atoms with E-state index in [1.165, 1.54) is 13.8 Å². The van der Waals surface area contributed by atoms with Crippen molar-refractivity contribution in [2.75, 3.05) is 20.4 Å². The van der Waals surface area contributed by atoms with Crippen molar-refractivity contribution in [1.82, 2.24) is 0 Å². The fourth-order valence-electron chi connectivity index (χ4n) is 0.349. The van der Waals surface area contributed by atoms with E-state index in [1.807, 2.05) is 0 Å². The van der Waals surface area contributed by atoms with Gasteiger partial charge in [0.05, 0.1) is 6.92 Å². The monoisotopic (exact) mass is 195 g/mol. The van der Waals surface area contributed by atoms with Gasteiger partial charge in [-0.15, -0.1) is 0 Å². The lowest BCUT2D eigenvalue weighted by molar-refractivity contribution is -0.141. The second kappa shape index (κ2) is 4.50. The molecule has 0 aliphatic rings. The second-order valence-corrected chi connectivity index (χ2v) is 4.45. The molecule has 0 rings (SSSR count). The van der Waals surface area contributed by atoms with Gasteiger partial charge in [0.1, 0.15) is 6.61 Å². The third kappa shape index (κ3) is 4.38. The molecule has 0 aliphatic heterocycles. The topological polar surface area (TPSA) is 72.8 Å². The highest BCUT2D eigenvalue weighted by Gasteiger charge is 2.23. The van der Waals surface area contributed by atoms with Crippen molar-refractivity contribution in [3.05, 3.63) is 6.92 Å². The standard InChI is InChI=1S/C6H11O5P/c1-5(6(7)8)4-11-12(3,9)10-2/h5H,1,4H2,2-3H3/p+1. The van der Waals surface area contributed by atoms with Crippen molar-refractivity contribution in [2.45, 2.75) is 0 Å². The van der Waals surface area contributed by atoms with E-state index < -0.39 is 19.5 Å². The Morgan fingerprint density at radius 3 is 2.58 bits per heavy atom. The number of rotatable bonds is 5. The van der Waals surface area contributed by atoms with E-state index in [-0.39, 0.29) is 6.61 Å². The number of carboxylic acids is 1. The van der Waals surface area contributed by atoms with E-state index in [0.29, 0.717) is 0 Å². The second-order valence-electron chi connectivity index (χ2n) is 2.28. The minimum Gasteiger partial charge on any atom is -0.478 e. The molecule has 0 amide bonds. The van der Waals surface area contributed by atoms with Gasteiger partial charge in [-0.2, -0.15) is 0 Å². The minimum absolute atomic E-state index is 0.211. The Hall–Kier alpha value is -0.510. The first kappa shape index (κ1) is 11.5. The summed E-state index contributed by atoms with van der Waals surface area (Å²) in [7, 11) is -1.83. The van der Waals surface area contributed by atoms with Crippen LogP contribution >= 0.6 is 7.60 Å². The van der Waals surface area contributed by atoms with E-state index in [0.717, 1.165) is 0 Å². The van der Waals surface area contributed by atoms with Crippen LogP contribution < -0.4 is 0 Å². The van der Waals surface area contributed by atoms with Gasteiger partial charge in [0.2, 0.25) is 5.92 Å². The van der Waals surface area contributed by atoms with Gasteiger partial charge in [-0.1, -0.05) is 0 Å². The van der Waals surface area contributed by atoms with Gasteiger partial charge >= 0.3 is 13.6 Å². The fourth-order valence-corrected chi connectivity index (χ4v) is 0.906. The van der Waals surface area contributed by atoms with E-state index in [9.17, 15) is 9.36 Å². The first-order valence-electron chi connectivity index (χ1n) is 3.22. The summed E-state index contributed by atoms with van der Waals surface area (Å²) >= 11 is 0. The maximum Gasteiger partial charge on any atom is 0.354 e. The summed E-state index contributed by atoms with van der Waals surface area (Å²) in [5.74, 6) is -2.01. The van der Waals surface area contributed by atoms with Crippen LogP contribution in [0.1, 0.15) is 0 Å². The zero-order chi connectivity index (χ0) is 9.78. The van der Waals surface area contributed by atoms with E-state index in [1.54, 1.807) is 0 Å². The van der Waals surface area contributed by atoms with Crippen LogP contribution in [0.4, 0.5) is 0 Å². The summed E-state index contributed by atoms with van der Waals surface area (Å²) in [5.41, 5.74) is 0. The van der Waals surface area contributed by atoms with Crippen molar-refractivity contribution in [1.29, 1.82) is 0 Å². The molecular formula is C6H12O5P+. The first-order chi connectivity index (χ1) is 5.39. The molecule has 12 heavy (non-hydrogen) atoms. The largest absolute Gasteiger partial charge is 0.478 e. The Balaban J connectivity index is 3.83. The van der Waals surface area contributed by atoms with Gasteiger partial charge in [-0.3, -0.25) is 4.57 Å². The smallest absolute Gasteiger partial charge is 0.354 e. The summed E-state index contributed by atoms with van der Waals surface area (Å²) in [6, 6.07) is 0. The molecule has 0 aromatic heterocycles. The number of aliphatic carboxylic acids is 1. The fraction of sp³-hybridized carbons (Fsp3) is 0.667. The summed E-state index contributed by atoms with van der Waals surface area (Å²) in [6.07, 6.45) is 0.